The van der Waals surface area contributed by atoms with Crippen LogP contribution in [-0.2, 0) is 0 Å². The minimum Gasteiger partial charge on any atom is -0.262 e. The van der Waals surface area contributed by atoms with E-state index in [4.69, 9.17) is 0 Å². The second-order valence-corrected chi connectivity index (χ2v) is 3.18. The lowest BCUT2D eigenvalue weighted by atomic mass is 10.0. The van der Waals surface area contributed by atoms with Crippen molar-refractivity contribution in [1.82, 2.24) is 4.98 Å². The first-order valence-corrected chi connectivity index (χ1v) is 4.49. The van der Waals surface area contributed by atoms with Gasteiger partial charge in [0.25, 0.3) is 0 Å². The Labute approximate surface area is 78.8 Å². The summed E-state index contributed by atoms with van der Waals surface area (Å²) in [5.74, 6) is 0. The maximum atomic E-state index is 4.18. The van der Waals surface area contributed by atoms with Crippen molar-refractivity contribution >= 4 is 5.57 Å². The number of hydrogen-bond donors (Lipinski definition) is 0. The summed E-state index contributed by atoms with van der Waals surface area (Å²) in [6, 6.07) is 4.16. The average Bonchev–Trinajstić information content (AvgIpc) is 2.19. The van der Waals surface area contributed by atoms with E-state index in [1.165, 1.54) is 11.1 Å². The van der Waals surface area contributed by atoms with Crippen LogP contribution in [-0.4, -0.2) is 4.98 Å². The lowest BCUT2D eigenvalue weighted by molar-refractivity contribution is 1.19. The van der Waals surface area contributed by atoms with Gasteiger partial charge in [0.05, 0.1) is 0 Å². The highest BCUT2D eigenvalue weighted by Gasteiger charge is 2.00. The Morgan fingerprint density at radius 3 is 3.00 bits per heavy atom. The van der Waals surface area contributed by atoms with Crippen LogP contribution in [0.15, 0.2) is 36.6 Å². The second kappa shape index (κ2) is 3.56. The minimum absolute atomic E-state index is 1.03. The van der Waals surface area contributed by atoms with Crippen molar-refractivity contribution in [2.45, 2.75) is 13.3 Å². The number of hydrogen-bond acceptors (Lipinski definition) is 1. The third-order valence-electron chi connectivity index (χ3n) is 2.12. The summed E-state index contributed by atoms with van der Waals surface area (Å²) >= 11 is 0. The largest absolute Gasteiger partial charge is 0.262 e. The van der Waals surface area contributed by atoms with Crippen molar-refractivity contribution in [2.75, 3.05) is 0 Å². The monoisotopic (exact) mass is 170 g/mol. The molecule has 1 heterocycles. The van der Waals surface area contributed by atoms with Gasteiger partial charge in [0.1, 0.15) is 0 Å². The van der Waals surface area contributed by atoms with E-state index in [2.05, 4.69) is 41.8 Å². The number of allylic oxidation sites excluding steroid dienone is 4. The van der Waals surface area contributed by atoms with Crippen LogP contribution in [0.1, 0.15) is 17.7 Å². The van der Waals surface area contributed by atoms with Crippen LogP contribution in [0, 0.1) is 13.3 Å². The molecule has 1 aromatic rings. The van der Waals surface area contributed by atoms with E-state index in [0.29, 0.717) is 0 Å². The predicted molar refractivity (Wildman–Crippen MR) is 55.0 cm³/mol. The Bertz CT molecular complexity index is 361. The molecule has 13 heavy (non-hydrogen) atoms. The molecular weight excluding hydrogens is 158 g/mol. The van der Waals surface area contributed by atoms with Crippen LogP contribution in [0.3, 0.4) is 0 Å². The molecule has 0 bridgehead atoms. The van der Waals surface area contributed by atoms with Gasteiger partial charge in [-0.2, -0.15) is 0 Å². The van der Waals surface area contributed by atoms with Crippen LogP contribution in [0.25, 0.3) is 5.57 Å². The summed E-state index contributed by atoms with van der Waals surface area (Å²) in [6.45, 7) is 2.02. The van der Waals surface area contributed by atoms with Crippen molar-refractivity contribution in [3.63, 3.8) is 0 Å². The molecule has 1 aromatic heterocycles. The van der Waals surface area contributed by atoms with E-state index in [0.717, 1.165) is 12.1 Å². The minimum atomic E-state index is 1.03. The molecule has 1 aliphatic carbocycles. The van der Waals surface area contributed by atoms with Crippen LogP contribution < -0.4 is 0 Å². The Balaban J connectivity index is 2.35. The van der Waals surface area contributed by atoms with Crippen molar-refractivity contribution in [3.05, 3.63) is 54.2 Å². The third kappa shape index (κ3) is 1.86. The zero-order valence-corrected chi connectivity index (χ0v) is 7.70. The van der Waals surface area contributed by atoms with Crippen molar-refractivity contribution in [3.8, 4) is 0 Å². The lowest BCUT2D eigenvalue weighted by Crippen LogP contribution is -1.88. The fraction of sp³-hybridized carbons (Fsp3) is 0.167. The molecule has 1 aliphatic rings. The highest BCUT2D eigenvalue weighted by atomic mass is 14.6. The van der Waals surface area contributed by atoms with E-state index in [-0.39, 0.29) is 0 Å². The van der Waals surface area contributed by atoms with Gasteiger partial charge in [0.2, 0.25) is 0 Å². The highest BCUT2D eigenvalue weighted by molar-refractivity contribution is 5.75. The molecule has 65 valence electrons. The second-order valence-electron chi connectivity index (χ2n) is 3.18. The number of pyridine rings is 1. The quantitative estimate of drug-likeness (QED) is 0.631. The molecule has 0 saturated heterocycles. The van der Waals surface area contributed by atoms with Gasteiger partial charge in [-0.1, -0.05) is 18.2 Å². The summed E-state index contributed by atoms with van der Waals surface area (Å²) in [6.07, 6.45) is 11.5. The molecule has 2 rings (SSSR count). The van der Waals surface area contributed by atoms with Gasteiger partial charge >= 0.3 is 0 Å². The maximum absolute atomic E-state index is 4.18. The van der Waals surface area contributed by atoms with E-state index < -0.39 is 0 Å². The molecule has 0 saturated carbocycles. The third-order valence-corrected chi connectivity index (χ3v) is 2.12. The Morgan fingerprint density at radius 1 is 1.38 bits per heavy atom. The zero-order chi connectivity index (χ0) is 9.10. The van der Waals surface area contributed by atoms with Crippen LogP contribution in [0.5, 0.6) is 0 Å². The molecule has 0 aromatic carbocycles. The molecule has 0 amide bonds. The van der Waals surface area contributed by atoms with Gasteiger partial charge in [0, 0.05) is 11.9 Å². The van der Waals surface area contributed by atoms with E-state index in [1.54, 1.807) is 0 Å². The standard InChI is InChI=1S/C12H12N/c1-10-9-12(7-8-13-10)11-5-3-2-4-6-11/h2-3,5-9H,4H2,1H3. The molecule has 0 aliphatic heterocycles. The molecule has 0 spiro atoms. The smallest absolute Gasteiger partial charge is 0.0378 e. The molecule has 1 heteroatoms. The fourth-order valence-corrected chi connectivity index (χ4v) is 1.45. The molecular formula is C12H12N. The summed E-state index contributed by atoms with van der Waals surface area (Å²) in [4.78, 5) is 4.18. The summed E-state index contributed by atoms with van der Waals surface area (Å²) < 4.78 is 0. The van der Waals surface area contributed by atoms with Crippen LogP contribution in [0.4, 0.5) is 0 Å². The van der Waals surface area contributed by atoms with Crippen LogP contribution in [0.2, 0.25) is 0 Å². The SMILES string of the molecule is Cc1cc(C2=CC[CH]C=C2)ccn1. The fourth-order valence-electron chi connectivity index (χ4n) is 1.45. The Morgan fingerprint density at radius 2 is 2.31 bits per heavy atom. The van der Waals surface area contributed by atoms with Gasteiger partial charge < -0.3 is 0 Å². The maximum Gasteiger partial charge on any atom is 0.0378 e. The van der Waals surface area contributed by atoms with Gasteiger partial charge in [-0.25, -0.2) is 0 Å². The van der Waals surface area contributed by atoms with Crippen molar-refractivity contribution < 1.29 is 0 Å². The summed E-state index contributed by atoms with van der Waals surface area (Å²) in [5.41, 5.74) is 3.63. The molecule has 0 N–H and O–H groups in total. The molecule has 1 radical (unpaired) electrons. The van der Waals surface area contributed by atoms with E-state index in [9.17, 15) is 0 Å². The lowest BCUT2D eigenvalue weighted by Gasteiger charge is -2.06. The number of nitrogens with zero attached hydrogens (tertiary/aromatic N) is 1. The molecule has 0 fully saturated rings. The van der Waals surface area contributed by atoms with Gasteiger partial charge in [0.15, 0.2) is 0 Å². The first-order chi connectivity index (χ1) is 6.36. The van der Waals surface area contributed by atoms with Gasteiger partial charge in [-0.3, -0.25) is 4.98 Å². The predicted octanol–water partition coefficient (Wildman–Crippen LogP) is 2.94. The first-order valence-electron chi connectivity index (χ1n) is 4.49. The Kier molecular flexibility index (Phi) is 2.26. The van der Waals surface area contributed by atoms with Gasteiger partial charge in [-0.15, -0.1) is 0 Å². The zero-order valence-electron chi connectivity index (χ0n) is 7.70. The van der Waals surface area contributed by atoms with Crippen molar-refractivity contribution in [1.29, 1.82) is 0 Å². The summed E-state index contributed by atoms with van der Waals surface area (Å²) in [5, 5.41) is 0. The normalized spacial score (nSPS) is 15.6. The number of aryl methyl sites for hydroxylation is 1. The van der Waals surface area contributed by atoms with Crippen LogP contribution >= 0.6 is 0 Å². The molecule has 0 unspecified atom stereocenters. The number of rotatable bonds is 1. The molecule has 1 nitrogen and oxygen atoms in total. The topological polar surface area (TPSA) is 12.9 Å². The highest BCUT2D eigenvalue weighted by Crippen LogP contribution is 2.20. The average molecular weight is 170 g/mol. The van der Waals surface area contributed by atoms with E-state index in [1.807, 2.05) is 13.1 Å². The first kappa shape index (κ1) is 8.24. The Hall–Kier alpha value is -1.37. The summed E-state index contributed by atoms with van der Waals surface area (Å²) in [7, 11) is 0. The van der Waals surface area contributed by atoms with Gasteiger partial charge in [-0.05, 0) is 43.0 Å². The molecule has 0 atom stereocenters. The van der Waals surface area contributed by atoms with Crippen molar-refractivity contribution in [2.24, 2.45) is 0 Å². The number of aromatic nitrogens is 1. The van der Waals surface area contributed by atoms with E-state index >= 15 is 0 Å².